The third kappa shape index (κ3) is 3.47. The summed E-state index contributed by atoms with van der Waals surface area (Å²) in [5, 5.41) is 2.28. The van der Waals surface area contributed by atoms with Crippen molar-refractivity contribution in [2.24, 2.45) is 0 Å². The van der Waals surface area contributed by atoms with Gasteiger partial charge in [0.25, 0.3) is 0 Å². The molecule has 0 bridgehead atoms. The smallest absolute Gasteiger partial charge is 0.228 e. The zero-order valence-electron chi connectivity index (χ0n) is 16.5. The maximum absolute atomic E-state index is 14.9. The second-order valence-electron chi connectivity index (χ2n) is 7.72. The lowest BCUT2D eigenvalue weighted by Crippen LogP contribution is -2.36. The number of amides is 1. The van der Waals surface area contributed by atoms with Crippen LogP contribution in [0.5, 0.6) is 0 Å². The third-order valence-corrected chi connectivity index (χ3v) is 6.20. The van der Waals surface area contributed by atoms with Crippen molar-refractivity contribution in [3.8, 4) is 0 Å². The Hall–Kier alpha value is -3.24. The van der Waals surface area contributed by atoms with Crippen molar-refractivity contribution in [2.75, 3.05) is 4.90 Å². The van der Waals surface area contributed by atoms with E-state index in [4.69, 9.17) is 11.6 Å². The summed E-state index contributed by atoms with van der Waals surface area (Å²) in [6.45, 7) is 0.308. The van der Waals surface area contributed by atoms with Crippen LogP contribution in [0, 0.1) is 11.6 Å². The van der Waals surface area contributed by atoms with Crippen molar-refractivity contribution in [1.29, 1.82) is 0 Å². The number of carbonyl (C=O) groups is 1. The summed E-state index contributed by atoms with van der Waals surface area (Å²) in [5.74, 6) is -1.37. The van der Waals surface area contributed by atoms with Gasteiger partial charge in [-0.25, -0.2) is 8.78 Å². The Balaban J connectivity index is 1.71. The first-order valence-electron chi connectivity index (χ1n) is 10.0. The summed E-state index contributed by atoms with van der Waals surface area (Å²) in [5.41, 5.74) is 2.77. The highest BCUT2D eigenvalue weighted by atomic mass is 35.5. The number of nitrogens with zero attached hydrogens (tertiary/aromatic N) is 1. The monoisotopic (exact) mass is 433 g/mol. The van der Waals surface area contributed by atoms with Crippen LogP contribution in [0.15, 0.2) is 78.9 Å². The van der Waals surface area contributed by atoms with Crippen LogP contribution in [0.1, 0.15) is 29.0 Å². The van der Waals surface area contributed by atoms with E-state index in [0.29, 0.717) is 17.1 Å². The van der Waals surface area contributed by atoms with Crippen LogP contribution in [-0.4, -0.2) is 5.91 Å². The highest BCUT2D eigenvalue weighted by Gasteiger charge is 2.35. The fourth-order valence-electron chi connectivity index (χ4n) is 4.44. The quantitative estimate of drug-likeness (QED) is 0.346. The van der Waals surface area contributed by atoms with E-state index in [9.17, 15) is 13.6 Å². The Morgan fingerprint density at radius 1 is 0.871 bits per heavy atom. The van der Waals surface area contributed by atoms with Gasteiger partial charge in [-0.3, -0.25) is 4.79 Å². The van der Waals surface area contributed by atoms with E-state index >= 15 is 0 Å². The molecule has 4 aromatic rings. The zero-order valence-corrected chi connectivity index (χ0v) is 17.2. The highest BCUT2D eigenvalue weighted by molar-refractivity contribution is 6.31. The first-order valence-corrected chi connectivity index (χ1v) is 10.4. The number of carbonyl (C=O) groups excluding carboxylic acids is 1. The number of rotatable bonds is 3. The Bertz CT molecular complexity index is 1280. The van der Waals surface area contributed by atoms with E-state index in [0.717, 1.165) is 27.6 Å². The molecule has 1 aliphatic heterocycles. The SMILES string of the molecule is O=C1CC(c2c(F)cccc2Cl)c2c(ccc3ccccc23)N1Cc1ccc(F)cc1. The first kappa shape index (κ1) is 19.7. The fraction of sp³-hybridized carbons (Fsp3) is 0.115. The van der Waals surface area contributed by atoms with Crippen LogP contribution in [0.3, 0.4) is 0 Å². The maximum Gasteiger partial charge on any atom is 0.228 e. The molecule has 0 N–H and O–H groups in total. The number of halogens is 3. The Labute approximate surface area is 183 Å². The van der Waals surface area contributed by atoms with Gasteiger partial charge in [0, 0.05) is 28.6 Å². The Kier molecular flexibility index (Phi) is 4.95. The number of benzene rings is 4. The average Bonchev–Trinajstić information content (AvgIpc) is 2.77. The summed E-state index contributed by atoms with van der Waals surface area (Å²) in [6, 6.07) is 22.4. The van der Waals surface area contributed by atoms with Crippen LogP contribution >= 0.6 is 11.6 Å². The Morgan fingerprint density at radius 3 is 2.42 bits per heavy atom. The van der Waals surface area contributed by atoms with Crippen molar-refractivity contribution < 1.29 is 13.6 Å². The average molecular weight is 434 g/mol. The molecule has 1 atom stereocenters. The molecule has 1 aliphatic rings. The van der Waals surface area contributed by atoms with Crippen LogP contribution in [0.25, 0.3) is 10.8 Å². The second-order valence-corrected chi connectivity index (χ2v) is 8.13. The van der Waals surface area contributed by atoms with E-state index < -0.39 is 11.7 Å². The van der Waals surface area contributed by atoms with E-state index in [-0.39, 0.29) is 18.1 Å². The molecule has 5 heteroatoms. The van der Waals surface area contributed by atoms with Crippen LogP contribution in [0.2, 0.25) is 5.02 Å². The van der Waals surface area contributed by atoms with Crippen LogP contribution < -0.4 is 4.90 Å². The molecule has 1 amide bonds. The van der Waals surface area contributed by atoms with E-state index in [2.05, 4.69) is 0 Å². The van der Waals surface area contributed by atoms with Crippen molar-refractivity contribution in [3.05, 3.63) is 112 Å². The molecule has 0 radical (unpaired) electrons. The van der Waals surface area contributed by atoms with Gasteiger partial charge in [0.15, 0.2) is 0 Å². The molecule has 0 saturated carbocycles. The van der Waals surface area contributed by atoms with Gasteiger partial charge in [-0.2, -0.15) is 0 Å². The minimum Gasteiger partial charge on any atom is -0.308 e. The standard InChI is InChI=1S/C26H18ClF2NO/c27-21-6-3-7-22(29)26(21)20-14-24(31)30(15-16-8-11-18(28)12-9-16)23-13-10-17-4-1-2-5-19(17)25(20)23/h1-13,20H,14-15H2. The van der Waals surface area contributed by atoms with Crippen LogP contribution in [0.4, 0.5) is 14.5 Å². The van der Waals surface area contributed by atoms with Gasteiger partial charge in [0.05, 0.1) is 6.54 Å². The van der Waals surface area contributed by atoms with Crippen LogP contribution in [-0.2, 0) is 11.3 Å². The first-order chi connectivity index (χ1) is 15.0. The number of hydrogen-bond acceptors (Lipinski definition) is 1. The molecule has 1 unspecified atom stereocenters. The molecule has 4 aromatic carbocycles. The second kappa shape index (κ2) is 7.78. The molecular formula is C26H18ClF2NO. The van der Waals surface area contributed by atoms with Gasteiger partial charge < -0.3 is 4.90 Å². The summed E-state index contributed by atoms with van der Waals surface area (Å²) in [7, 11) is 0. The molecule has 0 aliphatic carbocycles. The molecule has 1 heterocycles. The fourth-order valence-corrected chi connectivity index (χ4v) is 4.74. The lowest BCUT2D eigenvalue weighted by molar-refractivity contribution is -0.119. The van der Waals surface area contributed by atoms with Crippen molar-refractivity contribution in [1.82, 2.24) is 0 Å². The van der Waals surface area contributed by atoms with Crippen molar-refractivity contribution in [3.63, 3.8) is 0 Å². The van der Waals surface area contributed by atoms with Gasteiger partial charge in [0.2, 0.25) is 5.91 Å². The summed E-state index contributed by atoms with van der Waals surface area (Å²) >= 11 is 6.41. The Morgan fingerprint density at radius 2 is 1.65 bits per heavy atom. The largest absolute Gasteiger partial charge is 0.308 e. The number of anilines is 1. The van der Waals surface area contributed by atoms with Gasteiger partial charge in [0.1, 0.15) is 11.6 Å². The lowest BCUT2D eigenvalue weighted by atomic mass is 9.81. The number of fused-ring (bicyclic) bond motifs is 3. The van der Waals surface area contributed by atoms with Gasteiger partial charge >= 0.3 is 0 Å². The van der Waals surface area contributed by atoms with E-state index in [1.165, 1.54) is 18.2 Å². The predicted molar refractivity (Wildman–Crippen MR) is 119 cm³/mol. The predicted octanol–water partition coefficient (Wildman–Crippen LogP) is 6.84. The summed E-state index contributed by atoms with van der Waals surface area (Å²) in [4.78, 5) is 15.0. The zero-order chi connectivity index (χ0) is 21.5. The molecule has 2 nitrogen and oxygen atoms in total. The third-order valence-electron chi connectivity index (χ3n) is 5.87. The highest BCUT2D eigenvalue weighted by Crippen LogP contribution is 2.46. The summed E-state index contributed by atoms with van der Waals surface area (Å²) < 4.78 is 28.2. The minimum absolute atomic E-state index is 0.100. The molecule has 5 rings (SSSR count). The molecule has 0 spiro atoms. The maximum atomic E-state index is 14.9. The van der Waals surface area contributed by atoms with Gasteiger partial charge in [-0.1, -0.05) is 60.1 Å². The topological polar surface area (TPSA) is 20.3 Å². The number of hydrogen-bond donors (Lipinski definition) is 0. The van der Waals surface area contributed by atoms with E-state index in [1.54, 1.807) is 29.2 Å². The van der Waals surface area contributed by atoms with Gasteiger partial charge in [-0.15, -0.1) is 0 Å². The minimum atomic E-state index is -0.494. The molecule has 0 fully saturated rings. The molecule has 0 saturated heterocycles. The van der Waals surface area contributed by atoms with Gasteiger partial charge in [-0.05, 0) is 52.2 Å². The van der Waals surface area contributed by atoms with Crippen molar-refractivity contribution in [2.45, 2.75) is 18.9 Å². The molecule has 0 aromatic heterocycles. The molecule has 31 heavy (non-hydrogen) atoms. The normalized spacial score (nSPS) is 15.9. The molecule has 154 valence electrons. The van der Waals surface area contributed by atoms with E-state index in [1.807, 2.05) is 36.4 Å². The lowest BCUT2D eigenvalue weighted by Gasteiger charge is -2.36. The summed E-state index contributed by atoms with van der Waals surface area (Å²) in [6.07, 6.45) is 0.100. The molecular weight excluding hydrogens is 416 g/mol. The van der Waals surface area contributed by atoms with Crippen molar-refractivity contribution >= 4 is 34.0 Å².